The summed E-state index contributed by atoms with van der Waals surface area (Å²) in [5.41, 5.74) is 0.536. The molecule has 0 saturated carbocycles. The van der Waals surface area contributed by atoms with Gasteiger partial charge in [-0.2, -0.15) is 11.8 Å². The zero-order valence-electron chi connectivity index (χ0n) is 13.3. The van der Waals surface area contributed by atoms with Crippen LogP contribution in [-0.4, -0.2) is 35.4 Å². The third-order valence-electron chi connectivity index (χ3n) is 2.39. The minimum Gasteiger partial charge on any atom is -0.342 e. The lowest BCUT2D eigenvalue weighted by Crippen LogP contribution is -2.37. The number of hydrogen-bond acceptors (Lipinski definition) is 2. The molecule has 0 aromatic heterocycles. The molecule has 0 spiro atoms. The van der Waals surface area contributed by atoms with Crippen LogP contribution in [0.1, 0.15) is 54.9 Å². The Bertz CT molecular complexity index is 250. The number of carbonyl (C=O) groups is 1. The average Bonchev–Trinajstić information content (AvgIpc) is 2.18. The molecule has 0 rings (SSSR count). The van der Waals surface area contributed by atoms with Gasteiger partial charge in [-0.05, 0) is 23.5 Å². The summed E-state index contributed by atoms with van der Waals surface area (Å²) in [6, 6.07) is 0. The predicted molar refractivity (Wildman–Crippen MR) is 83.1 cm³/mol. The highest BCUT2D eigenvalue weighted by atomic mass is 32.2. The average molecular weight is 273 g/mol. The van der Waals surface area contributed by atoms with Crippen molar-refractivity contribution in [1.82, 2.24) is 4.90 Å². The molecule has 2 nitrogen and oxygen atoms in total. The van der Waals surface area contributed by atoms with Gasteiger partial charge >= 0.3 is 0 Å². The molecule has 0 N–H and O–H groups in total. The van der Waals surface area contributed by atoms with E-state index in [4.69, 9.17) is 0 Å². The lowest BCUT2D eigenvalue weighted by Gasteiger charge is -2.29. The van der Waals surface area contributed by atoms with E-state index in [0.29, 0.717) is 17.7 Å². The van der Waals surface area contributed by atoms with Crippen molar-refractivity contribution >= 4 is 17.7 Å². The smallest absolute Gasteiger partial charge is 0.223 e. The maximum Gasteiger partial charge on any atom is 0.223 e. The van der Waals surface area contributed by atoms with E-state index < -0.39 is 0 Å². The van der Waals surface area contributed by atoms with E-state index in [1.54, 1.807) is 0 Å². The zero-order valence-corrected chi connectivity index (χ0v) is 14.1. The molecule has 0 aliphatic heterocycles. The fraction of sp³-hybridized carbons (Fsp3) is 0.933. The quantitative estimate of drug-likeness (QED) is 0.680. The summed E-state index contributed by atoms with van der Waals surface area (Å²) in [6.07, 6.45) is 0.671. The van der Waals surface area contributed by atoms with Crippen LogP contribution in [-0.2, 0) is 4.79 Å². The second-order valence-corrected chi connectivity index (χ2v) is 8.44. The van der Waals surface area contributed by atoms with Crippen molar-refractivity contribution in [3.8, 4) is 0 Å². The first-order valence-corrected chi connectivity index (χ1v) is 8.06. The van der Waals surface area contributed by atoms with Gasteiger partial charge in [0, 0.05) is 25.3 Å². The molecule has 18 heavy (non-hydrogen) atoms. The van der Waals surface area contributed by atoms with E-state index in [1.807, 2.05) is 16.7 Å². The van der Waals surface area contributed by atoms with Gasteiger partial charge in [0.25, 0.3) is 0 Å². The normalized spacial score (nSPS) is 12.6. The summed E-state index contributed by atoms with van der Waals surface area (Å²) >= 11 is 1.89. The molecule has 0 saturated heterocycles. The maximum atomic E-state index is 12.1. The summed E-state index contributed by atoms with van der Waals surface area (Å²) in [6.45, 7) is 17.0. The van der Waals surface area contributed by atoms with E-state index in [-0.39, 0.29) is 5.41 Å². The molecular weight excluding hydrogens is 242 g/mol. The number of hydrogen-bond donors (Lipinski definition) is 0. The predicted octanol–water partition coefficient (Wildman–Crippen LogP) is 4.05. The third-order valence-corrected chi connectivity index (χ3v) is 3.96. The highest BCUT2D eigenvalue weighted by molar-refractivity contribution is 7.99. The Morgan fingerprint density at radius 3 is 2.00 bits per heavy atom. The molecule has 0 radical (unpaired) electrons. The first kappa shape index (κ1) is 17.8. The Kier molecular flexibility index (Phi) is 7.34. The molecule has 0 atom stereocenters. The highest BCUT2D eigenvalue weighted by Crippen LogP contribution is 2.21. The fourth-order valence-electron chi connectivity index (χ4n) is 1.64. The van der Waals surface area contributed by atoms with E-state index >= 15 is 0 Å². The van der Waals surface area contributed by atoms with Crippen LogP contribution in [0, 0.1) is 10.8 Å². The van der Waals surface area contributed by atoms with Gasteiger partial charge in [0.05, 0.1) is 0 Å². The van der Waals surface area contributed by atoms with E-state index in [1.165, 1.54) is 0 Å². The second kappa shape index (κ2) is 7.42. The van der Waals surface area contributed by atoms with Crippen LogP contribution in [0.5, 0.6) is 0 Å². The minimum atomic E-state index is 0.185. The van der Waals surface area contributed by atoms with Crippen molar-refractivity contribution in [2.75, 3.05) is 24.6 Å². The summed E-state index contributed by atoms with van der Waals surface area (Å²) in [5.74, 6) is 2.36. The van der Waals surface area contributed by atoms with Crippen molar-refractivity contribution in [2.24, 2.45) is 10.8 Å². The van der Waals surface area contributed by atoms with Crippen LogP contribution >= 0.6 is 11.8 Å². The van der Waals surface area contributed by atoms with Gasteiger partial charge < -0.3 is 4.90 Å². The summed E-state index contributed by atoms with van der Waals surface area (Å²) in [5, 5.41) is 0. The summed E-state index contributed by atoms with van der Waals surface area (Å²) in [4.78, 5) is 14.1. The van der Waals surface area contributed by atoms with Crippen molar-refractivity contribution in [2.45, 2.75) is 54.9 Å². The molecule has 108 valence electrons. The number of thioether (sulfide) groups is 1. The van der Waals surface area contributed by atoms with Crippen LogP contribution in [0.4, 0.5) is 0 Å². The first-order chi connectivity index (χ1) is 8.05. The lowest BCUT2D eigenvalue weighted by atomic mass is 9.96. The molecule has 0 fully saturated rings. The Morgan fingerprint density at radius 1 is 1.06 bits per heavy atom. The van der Waals surface area contributed by atoms with Crippen LogP contribution in [0.3, 0.4) is 0 Å². The molecule has 1 amide bonds. The standard InChI is InChI=1S/C15H31NOS/c1-8-16(11-14(2,3)4)13(17)9-10-18-12-15(5,6)7/h8-12H2,1-7H3. The van der Waals surface area contributed by atoms with Gasteiger partial charge in [-0.3, -0.25) is 4.79 Å². The highest BCUT2D eigenvalue weighted by Gasteiger charge is 2.19. The fourth-order valence-corrected chi connectivity index (χ4v) is 2.72. The SMILES string of the molecule is CCN(CC(C)(C)C)C(=O)CCSCC(C)(C)C. The van der Waals surface area contributed by atoms with E-state index in [9.17, 15) is 4.79 Å². The molecule has 0 bridgehead atoms. The van der Waals surface area contributed by atoms with Gasteiger partial charge in [-0.1, -0.05) is 41.5 Å². The van der Waals surface area contributed by atoms with Gasteiger partial charge in [-0.15, -0.1) is 0 Å². The van der Waals surface area contributed by atoms with E-state index in [2.05, 4.69) is 48.5 Å². The van der Waals surface area contributed by atoms with Gasteiger partial charge in [0.2, 0.25) is 5.91 Å². The minimum absolute atomic E-state index is 0.185. The van der Waals surface area contributed by atoms with Crippen molar-refractivity contribution < 1.29 is 4.79 Å². The van der Waals surface area contributed by atoms with Gasteiger partial charge in [0.15, 0.2) is 0 Å². The Hall–Kier alpha value is -0.180. The Balaban J connectivity index is 3.99. The monoisotopic (exact) mass is 273 g/mol. The number of amides is 1. The molecule has 0 aliphatic carbocycles. The Morgan fingerprint density at radius 2 is 1.61 bits per heavy atom. The molecule has 0 aromatic carbocycles. The van der Waals surface area contributed by atoms with Crippen molar-refractivity contribution in [3.63, 3.8) is 0 Å². The zero-order chi connectivity index (χ0) is 14.4. The maximum absolute atomic E-state index is 12.1. The Labute approximate surface area is 118 Å². The van der Waals surface area contributed by atoms with Crippen molar-refractivity contribution in [3.05, 3.63) is 0 Å². The number of nitrogens with zero attached hydrogens (tertiary/aromatic N) is 1. The topological polar surface area (TPSA) is 20.3 Å². The third kappa shape index (κ3) is 9.81. The second-order valence-electron chi connectivity index (χ2n) is 7.33. The van der Waals surface area contributed by atoms with Gasteiger partial charge in [0.1, 0.15) is 0 Å². The molecular formula is C15H31NOS. The van der Waals surface area contributed by atoms with Crippen molar-refractivity contribution in [1.29, 1.82) is 0 Å². The largest absolute Gasteiger partial charge is 0.342 e. The van der Waals surface area contributed by atoms with Crippen LogP contribution in [0.2, 0.25) is 0 Å². The van der Waals surface area contributed by atoms with Gasteiger partial charge in [-0.25, -0.2) is 0 Å². The van der Waals surface area contributed by atoms with E-state index in [0.717, 1.165) is 24.6 Å². The molecule has 0 aromatic rings. The number of carbonyl (C=O) groups excluding carboxylic acids is 1. The lowest BCUT2D eigenvalue weighted by molar-refractivity contribution is -0.131. The molecule has 3 heteroatoms. The van der Waals surface area contributed by atoms with Crippen LogP contribution in [0.15, 0.2) is 0 Å². The summed E-state index contributed by atoms with van der Waals surface area (Å²) < 4.78 is 0. The van der Waals surface area contributed by atoms with Crippen LogP contribution < -0.4 is 0 Å². The summed E-state index contributed by atoms with van der Waals surface area (Å²) in [7, 11) is 0. The first-order valence-electron chi connectivity index (χ1n) is 6.91. The number of rotatable bonds is 6. The molecule has 0 aliphatic rings. The molecule has 0 heterocycles. The van der Waals surface area contributed by atoms with Crippen LogP contribution in [0.25, 0.3) is 0 Å². The molecule has 0 unspecified atom stereocenters.